The van der Waals surface area contributed by atoms with Gasteiger partial charge in [0, 0.05) is 11.8 Å². The van der Waals surface area contributed by atoms with Crippen LogP contribution in [0.25, 0.3) is 0 Å². The standard InChI is InChI=1S/C16H18FNO2/c1-11-6-7-12(17)8-15(11)16(10-19)18-13-4-3-5-14(9-13)20-2/h3-9,16,18-19H,10H2,1-2H3. The molecule has 0 bridgehead atoms. The van der Waals surface area contributed by atoms with Crippen LogP contribution in [-0.4, -0.2) is 18.8 Å². The van der Waals surface area contributed by atoms with Gasteiger partial charge in [-0.05, 0) is 42.3 Å². The minimum absolute atomic E-state index is 0.124. The van der Waals surface area contributed by atoms with E-state index in [4.69, 9.17) is 4.74 Å². The number of hydrogen-bond donors (Lipinski definition) is 2. The third-order valence-electron chi connectivity index (χ3n) is 3.21. The van der Waals surface area contributed by atoms with Gasteiger partial charge in [-0.2, -0.15) is 0 Å². The molecule has 2 aromatic carbocycles. The van der Waals surface area contributed by atoms with E-state index in [0.29, 0.717) is 0 Å². The molecular weight excluding hydrogens is 257 g/mol. The first-order chi connectivity index (χ1) is 9.63. The van der Waals surface area contributed by atoms with Gasteiger partial charge in [-0.25, -0.2) is 4.39 Å². The van der Waals surface area contributed by atoms with Gasteiger partial charge in [0.15, 0.2) is 0 Å². The normalized spacial score (nSPS) is 12.0. The summed E-state index contributed by atoms with van der Waals surface area (Å²) in [5.41, 5.74) is 2.49. The molecule has 0 aliphatic carbocycles. The molecule has 0 amide bonds. The van der Waals surface area contributed by atoms with Crippen LogP contribution in [0.2, 0.25) is 0 Å². The number of aryl methyl sites for hydroxylation is 1. The monoisotopic (exact) mass is 275 g/mol. The molecule has 0 aromatic heterocycles. The number of benzene rings is 2. The Morgan fingerprint density at radius 2 is 2.05 bits per heavy atom. The zero-order valence-corrected chi connectivity index (χ0v) is 11.6. The molecule has 2 aromatic rings. The van der Waals surface area contributed by atoms with Crippen LogP contribution < -0.4 is 10.1 Å². The number of hydrogen-bond acceptors (Lipinski definition) is 3. The van der Waals surface area contributed by atoms with Crippen molar-refractivity contribution in [2.75, 3.05) is 19.0 Å². The van der Waals surface area contributed by atoms with Crippen molar-refractivity contribution in [1.82, 2.24) is 0 Å². The summed E-state index contributed by atoms with van der Waals surface area (Å²) in [6.45, 7) is 1.77. The SMILES string of the molecule is COc1cccc(NC(CO)c2cc(F)ccc2C)c1. The fraction of sp³-hybridized carbons (Fsp3) is 0.250. The van der Waals surface area contributed by atoms with E-state index < -0.39 is 0 Å². The van der Waals surface area contributed by atoms with Crippen LogP contribution in [0.3, 0.4) is 0 Å². The molecule has 3 nitrogen and oxygen atoms in total. The second-order valence-corrected chi connectivity index (χ2v) is 4.61. The molecule has 1 atom stereocenters. The molecule has 0 aliphatic rings. The Hall–Kier alpha value is -2.07. The fourth-order valence-corrected chi connectivity index (χ4v) is 2.12. The van der Waals surface area contributed by atoms with E-state index in [1.807, 2.05) is 31.2 Å². The average Bonchev–Trinajstić information content (AvgIpc) is 2.47. The highest BCUT2D eigenvalue weighted by atomic mass is 19.1. The van der Waals surface area contributed by atoms with Crippen molar-refractivity contribution < 1.29 is 14.2 Å². The lowest BCUT2D eigenvalue weighted by atomic mass is 10.0. The molecule has 2 N–H and O–H groups in total. The topological polar surface area (TPSA) is 41.5 Å². The van der Waals surface area contributed by atoms with Crippen LogP contribution >= 0.6 is 0 Å². The van der Waals surface area contributed by atoms with Gasteiger partial charge in [0.05, 0.1) is 19.8 Å². The number of methoxy groups -OCH3 is 1. The first-order valence-electron chi connectivity index (χ1n) is 6.41. The summed E-state index contributed by atoms with van der Waals surface area (Å²) in [6, 6.07) is 11.6. The first-order valence-corrected chi connectivity index (χ1v) is 6.41. The van der Waals surface area contributed by atoms with E-state index in [1.165, 1.54) is 12.1 Å². The van der Waals surface area contributed by atoms with Crippen molar-refractivity contribution >= 4 is 5.69 Å². The van der Waals surface area contributed by atoms with Gasteiger partial charge in [-0.15, -0.1) is 0 Å². The van der Waals surface area contributed by atoms with E-state index in [0.717, 1.165) is 22.6 Å². The van der Waals surface area contributed by atoms with E-state index in [1.54, 1.807) is 13.2 Å². The predicted octanol–water partition coefficient (Wildman–Crippen LogP) is 3.29. The van der Waals surface area contributed by atoms with Gasteiger partial charge in [0.2, 0.25) is 0 Å². The maximum Gasteiger partial charge on any atom is 0.123 e. The molecule has 1 unspecified atom stereocenters. The van der Waals surface area contributed by atoms with Gasteiger partial charge >= 0.3 is 0 Å². The van der Waals surface area contributed by atoms with E-state index in [9.17, 15) is 9.50 Å². The largest absolute Gasteiger partial charge is 0.497 e. The summed E-state index contributed by atoms with van der Waals surface area (Å²) in [7, 11) is 1.60. The lowest BCUT2D eigenvalue weighted by Crippen LogP contribution is -2.16. The highest BCUT2D eigenvalue weighted by Gasteiger charge is 2.14. The summed E-state index contributed by atoms with van der Waals surface area (Å²) in [6.07, 6.45) is 0. The molecule has 106 valence electrons. The number of ether oxygens (including phenoxy) is 1. The summed E-state index contributed by atoms with van der Waals surface area (Å²) < 4.78 is 18.5. The van der Waals surface area contributed by atoms with Crippen molar-refractivity contribution in [2.45, 2.75) is 13.0 Å². The predicted molar refractivity (Wildman–Crippen MR) is 77.6 cm³/mol. The van der Waals surface area contributed by atoms with Crippen LogP contribution in [0, 0.1) is 12.7 Å². The summed E-state index contributed by atoms with van der Waals surface area (Å²) in [5.74, 6) is 0.416. The number of aliphatic hydroxyl groups is 1. The van der Waals surface area contributed by atoms with Crippen LogP contribution in [-0.2, 0) is 0 Å². The number of anilines is 1. The van der Waals surface area contributed by atoms with Crippen molar-refractivity contribution in [3.8, 4) is 5.75 Å². The maximum absolute atomic E-state index is 13.4. The van der Waals surface area contributed by atoms with E-state index in [-0.39, 0.29) is 18.5 Å². The quantitative estimate of drug-likeness (QED) is 0.879. The molecule has 0 saturated heterocycles. The Morgan fingerprint density at radius 3 is 2.75 bits per heavy atom. The Labute approximate surface area is 118 Å². The van der Waals surface area contributed by atoms with Crippen LogP contribution in [0.5, 0.6) is 5.75 Å². The van der Waals surface area contributed by atoms with Gasteiger partial charge in [-0.1, -0.05) is 12.1 Å². The molecule has 0 spiro atoms. The van der Waals surface area contributed by atoms with Gasteiger partial charge in [0.1, 0.15) is 11.6 Å². The minimum Gasteiger partial charge on any atom is -0.497 e. The minimum atomic E-state index is -0.363. The Bertz CT molecular complexity index is 586. The van der Waals surface area contributed by atoms with Gasteiger partial charge in [0.25, 0.3) is 0 Å². The molecule has 0 fully saturated rings. The second-order valence-electron chi connectivity index (χ2n) is 4.61. The Balaban J connectivity index is 2.26. The summed E-state index contributed by atoms with van der Waals surface area (Å²) in [4.78, 5) is 0. The number of rotatable bonds is 5. The highest BCUT2D eigenvalue weighted by molar-refractivity contribution is 5.50. The van der Waals surface area contributed by atoms with Crippen LogP contribution in [0.4, 0.5) is 10.1 Å². The highest BCUT2D eigenvalue weighted by Crippen LogP contribution is 2.25. The Morgan fingerprint density at radius 1 is 1.25 bits per heavy atom. The third-order valence-corrected chi connectivity index (χ3v) is 3.21. The summed E-state index contributed by atoms with van der Waals surface area (Å²) >= 11 is 0. The number of nitrogens with one attached hydrogen (secondary N) is 1. The molecular formula is C16H18FNO2. The lowest BCUT2D eigenvalue weighted by molar-refractivity contribution is 0.275. The second kappa shape index (κ2) is 6.39. The van der Waals surface area contributed by atoms with Gasteiger partial charge in [-0.3, -0.25) is 0 Å². The smallest absolute Gasteiger partial charge is 0.123 e. The molecule has 0 radical (unpaired) electrons. The van der Waals surface area contributed by atoms with E-state index >= 15 is 0 Å². The van der Waals surface area contributed by atoms with Crippen LogP contribution in [0.15, 0.2) is 42.5 Å². The number of halogens is 1. The zero-order chi connectivity index (χ0) is 14.5. The maximum atomic E-state index is 13.4. The molecule has 2 rings (SSSR count). The molecule has 0 saturated carbocycles. The molecule has 0 aliphatic heterocycles. The lowest BCUT2D eigenvalue weighted by Gasteiger charge is -2.20. The third kappa shape index (κ3) is 3.27. The first kappa shape index (κ1) is 14.3. The average molecular weight is 275 g/mol. The summed E-state index contributed by atoms with van der Waals surface area (Å²) in [5, 5.41) is 12.8. The Kier molecular flexibility index (Phi) is 4.58. The number of aliphatic hydroxyl groups excluding tert-OH is 1. The van der Waals surface area contributed by atoms with Crippen molar-refractivity contribution in [3.05, 3.63) is 59.4 Å². The molecule has 0 heterocycles. The van der Waals surface area contributed by atoms with Crippen molar-refractivity contribution in [1.29, 1.82) is 0 Å². The van der Waals surface area contributed by atoms with Crippen LogP contribution in [0.1, 0.15) is 17.2 Å². The fourth-order valence-electron chi connectivity index (χ4n) is 2.12. The van der Waals surface area contributed by atoms with Crippen molar-refractivity contribution in [3.63, 3.8) is 0 Å². The molecule has 20 heavy (non-hydrogen) atoms. The molecule has 4 heteroatoms. The van der Waals surface area contributed by atoms with Gasteiger partial charge < -0.3 is 15.2 Å². The van der Waals surface area contributed by atoms with Crippen molar-refractivity contribution in [2.24, 2.45) is 0 Å². The zero-order valence-electron chi connectivity index (χ0n) is 11.6. The van der Waals surface area contributed by atoms with E-state index in [2.05, 4.69) is 5.32 Å².